The fraction of sp³-hybridized carbons (Fsp3) is 0.133. The van der Waals surface area contributed by atoms with Crippen LogP contribution in [0.25, 0.3) is 11.0 Å². The minimum atomic E-state index is -3.83. The molecule has 0 unspecified atom stereocenters. The monoisotopic (exact) mass is 345 g/mol. The highest BCUT2D eigenvalue weighted by molar-refractivity contribution is 7.89. The minimum Gasteiger partial charge on any atom is -0.322 e. The van der Waals surface area contributed by atoms with Crippen molar-refractivity contribution in [3.05, 3.63) is 48.0 Å². The third-order valence-corrected chi connectivity index (χ3v) is 4.41. The van der Waals surface area contributed by atoms with E-state index >= 15 is 0 Å². The van der Waals surface area contributed by atoms with E-state index in [9.17, 15) is 13.2 Å². The van der Waals surface area contributed by atoms with Gasteiger partial charge in [-0.15, -0.1) is 5.10 Å². The molecular formula is C15H15N5O3S. The number of primary sulfonamides is 1. The van der Waals surface area contributed by atoms with E-state index < -0.39 is 10.0 Å². The number of carbonyl (C=O) groups excluding carboxylic acids is 1. The van der Waals surface area contributed by atoms with Crippen molar-refractivity contribution in [2.75, 3.05) is 5.32 Å². The van der Waals surface area contributed by atoms with Crippen LogP contribution in [0.15, 0.2) is 47.4 Å². The van der Waals surface area contributed by atoms with E-state index in [1.54, 1.807) is 28.9 Å². The topological polar surface area (TPSA) is 120 Å². The quantitative estimate of drug-likeness (QED) is 0.739. The normalized spacial score (nSPS) is 11.6. The molecule has 1 heterocycles. The summed E-state index contributed by atoms with van der Waals surface area (Å²) in [6.45, 7) is 2.63. The molecule has 2 aromatic carbocycles. The van der Waals surface area contributed by atoms with Crippen molar-refractivity contribution in [2.24, 2.45) is 5.14 Å². The molecule has 0 aliphatic carbocycles. The van der Waals surface area contributed by atoms with Gasteiger partial charge in [0.1, 0.15) is 5.52 Å². The maximum atomic E-state index is 12.3. The Kier molecular flexibility index (Phi) is 4.04. The van der Waals surface area contributed by atoms with Crippen LogP contribution in [0.1, 0.15) is 17.3 Å². The summed E-state index contributed by atoms with van der Waals surface area (Å²) >= 11 is 0. The van der Waals surface area contributed by atoms with Crippen LogP contribution in [0, 0.1) is 0 Å². The van der Waals surface area contributed by atoms with E-state index in [1.807, 2.05) is 6.92 Å². The number of hydrogen-bond acceptors (Lipinski definition) is 5. The molecule has 24 heavy (non-hydrogen) atoms. The van der Waals surface area contributed by atoms with Crippen molar-refractivity contribution in [1.29, 1.82) is 0 Å². The fourth-order valence-corrected chi connectivity index (χ4v) is 2.86. The Hall–Kier alpha value is -2.78. The lowest BCUT2D eigenvalue weighted by Gasteiger charge is -2.07. The number of carbonyl (C=O) groups is 1. The van der Waals surface area contributed by atoms with Gasteiger partial charge in [-0.05, 0) is 43.3 Å². The highest BCUT2D eigenvalue weighted by Gasteiger charge is 2.12. The molecule has 0 bridgehead atoms. The molecule has 124 valence electrons. The van der Waals surface area contributed by atoms with Gasteiger partial charge in [0.25, 0.3) is 5.91 Å². The Morgan fingerprint density at radius 3 is 2.75 bits per heavy atom. The van der Waals surface area contributed by atoms with Crippen LogP contribution >= 0.6 is 0 Å². The molecule has 0 aliphatic heterocycles. The van der Waals surface area contributed by atoms with Gasteiger partial charge in [0, 0.05) is 17.8 Å². The molecule has 0 atom stereocenters. The van der Waals surface area contributed by atoms with Gasteiger partial charge < -0.3 is 5.32 Å². The predicted octanol–water partition coefficient (Wildman–Crippen LogP) is 1.35. The van der Waals surface area contributed by atoms with Gasteiger partial charge >= 0.3 is 0 Å². The number of anilines is 1. The molecule has 8 nitrogen and oxygen atoms in total. The van der Waals surface area contributed by atoms with Crippen LogP contribution in [0.2, 0.25) is 0 Å². The van der Waals surface area contributed by atoms with Gasteiger partial charge in [-0.2, -0.15) is 0 Å². The van der Waals surface area contributed by atoms with Gasteiger partial charge in [-0.3, -0.25) is 4.79 Å². The minimum absolute atomic E-state index is 0.0679. The smallest absolute Gasteiger partial charge is 0.255 e. The Bertz CT molecular complexity index is 1030. The fourth-order valence-electron chi connectivity index (χ4n) is 2.30. The van der Waals surface area contributed by atoms with Gasteiger partial charge in [0.05, 0.1) is 10.4 Å². The maximum Gasteiger partial charge on any atom is 0.255 e. The van der Waals surface area contributed by atoms with Gasteiger partial charge in [0.15, 0.2) is 0 Å². The predicted molar refractivity (Wildman–Crippen MR) is 89.0 cm³/mol. The lowest BCUT2D eigenvalue weighted by atomic mass is 10.2. The van der Waals surface area contributed by atoms with Crippen LogP contribution < -0.4 is 10.5 Å². The van der Waals surface area contributed by atoms with Crippen molar-refractivity contribution in [3.8, 4) is 0 Å². The third kappa shape index (κ3) is 3.12. The van der Waals surface area contributed by atoms with E-state index in [0.29, 0.717) is 23.3 Å². The third-order valence-electron chi connectivity index (χ3n) is 3.50. The van der Waals surface area contributed by atoms with Gasteiger partial charge in [-0.1, -0.05) is 11.3 Å². The van der Waals surface area contributed by atoms with E-state index in [0.717, 1.165) is 5.52 Å². The average molecular weight is 345 g/mol. The number of benzene rings is 2. The second-order valence-electron chi connectivity index (χ2n) is 5.14. The summed E-state index contributed by atoms with van der Waals surface area (Å²) in [5.41, 5.74) is 2.18. The first-order valence-electron chi connectivity index (χ1n) is 7.16. The number of nitrogens with one attached hydrogen (secondary N) is 1. The van der Waals surface area contributed by atoms with Crippen molar-refractivity contribution in [2.45, 2.75) is 18.4 Å². The number of rotatable bonds is 4. The molecule has 0 saturated heterocycles. The molecule has 0 fully saturated rings. The molecule has 1 aromatic heterocycles. The molecule has 0 spiro atoms. The van der Waals surface area contributed by atoms with Crippen molar-refractivity contribution in [3.63, 3.8) is 0 Å². The number of hydrogen-bond donors (Lipinski definition) is 2. The number of aryl methyl sites for hydroxylation is 1. The summed E-state index contributed by atoms with van der Waals surface area (Å²) in [7, 11) is -3.83. The maximum absolute atomic E-state index is 12.3. The molecule has 3 N–H and O–H groups in total. The lowest BCUT2D eigenvalue weighted by molar-refractivity contribution is 0.102. The first-order chi connectivity index (χ1) is 11.4. The number of nitrogens with zero attached hydrogens (tertiary/aromatic N) is 3. The summed E-state index contributed by atoms with van der Waals surface area (Å²) in [6, 6.07) is 10.8. The first-order valence-corrected chi connectivity index (χ1v) is 8.70. The van der Waals surface area contributed by atoms with Crippen LogP contribution in [0.3, 0.4) is 0 Å². The van der Waals surface area contributed by atoms with Crippen LogP contribution in [-0.4, -0.2) is 29.3 Å². The molecule has 3 rings (SSSR count). The highest BCUT2D eigenvalue weighted by atomic mass is 32.2. The number of nitrogens with two attached hydrogens (primary N) is 1. The molecule has 1 amide bonds. The summed E-state index contributed by atoms with van der Waals surface area (Å²) in [5, 5.41) is 15.7. The average Bonchev–Trinajstić information content (AvgIpc) is 2.96. The van der Waals surface area contributed by atoms with Crippen LogP contribution in [-0.2, 0) is 16.6 Å². The van der Waals surface area contributed by atoms with E-state index in [-0.39, 0.29) is 10.8 Å². The standard InChI is InChI=1S/C15H15N5O3S/c1-2-20-14-7-6-10(8-13(14)18-19-20)15(21)17-11-4-3-5-12(9-11)24(16,22)23/h3-9H,2H2,1H3,(H,17,21)(H2,16,22,23). The van der Waals surface area contributed by atoms with Gasteiger partial charge in [0.2, 0.25) is 10.0 Å². The Morgan fingerprint density at radius 2 is 2.04 bits per heavy atom. The number of amides is 1. The Morgan fingerprint density at radius 1 is 1.25 bits per heavy atom. The molecule has 0 aliphatic rings. The molecule has 9 heteroatoms. The number of aromatic nitrogens is 3. The van der Waals surface area contributed by atoms with Crippen molar-refractivity contribution >= 4 is 32.7 Å². The van der Waals surface area contributed by atoms with Crippen molar-refractivity contribution < 1.29 is 13.2 Å². The van der Waals surface area contributed by atoms with Crippen LogP contribution in [0.5, 0.6) is 0 Å². The first kappa shape index (κ1) is 16.1. The zero-order valence-electron chi connectivity index (χ0n) is 12.8. The van der Waals surface area contributed by atoms with Gasteiger partial charge in [-0.25, -0.2) is 18.2 Å². The van der Waals surface area contributed by atoms with E-state index in [4.69, 9.17) is 5.14 Å². The zero-order chi connectivity index (χ0) is 17.3. The molecule has 3 aromatic rings. The molecule has 0 saturated carbocycles. The molecule has 0 radical (unpaired) electrons. The summed E-state index contributed by atoms with van der Waals surface area (Å²) in [4.78, 5) is 12.3. The summed E-state index contributed by atoms with van der Waals surface area (Å²) < 4.78 is 24.5. The SMILES string of the molecule is CCn1nnc2cc(C(=O)Nc3cccc(S(N)(=O)=O)c3)ccc21. The van der Waals surface area contributed by atoms with E-state index in [2.05, 4.69) is 15.6 Å². The highest BCUT2D eigenvalue weighted by Crippen LogP contribution is 2.17. The largest absolute Gasteiger partial charge is 0.322 e. The van der Waals surface area contributed by atoms with Crippen molar-refractivity contribution in [1.82, 2.24) is 15.0 Å². The summed E-state index contributed by atoms with van der Waals surface area (Å²) in [6.07, 6.45) is 0. The number of fused-ring (bicyclic) bond motifs is 1. The Balaban J connectivity index is 1.87. The Labute approximate surface area is 138 Å². The lowest BCUT2D eigenvalue weighted by Crippen LogP contribution is -2.14. The van der Waals surface area contributed by atoms with Crippen LogP contribution in [0.4, 0.5) is 5.69 Å². The number of sulfonamides is 1. The zero-order valence-corrected chi connectivity index (χ0v) is 13.6. The second-order valence-corrected chi connectivity index (χ2v) is 6.70. The van der Waals surface area contributed by atoms with E-state index in [1.165, 1.54) is 18.2 Å². The second kappa shape index (κ2) is 6.02. The molecular weight excluding hydrogens is 330 g/mol. The summed E-state index contributed by atoms with van der Waals surface area (Å²) in [5.74, 6) is -0.380.